The minimum absolute atomic E-state index is 0.278. The molecule has 0 unspecified atom stereocenters. The lowest BCUT2D eigenvalue weighted by molar-refractivity contribution is 0.102. The van der Waals surface area contributed by atoms with Crippen molar-refractivity contribution in [3.63, 3.8) is 0 Å². The largest absolute Gasteiger partial charge is 0.321 e. The molecule has 0 aliphatic heterocycles. The highest BCUT2D eigenvalue weighted by molar-refractivity contribution is 9.10. The number of hydrogen-bond donors (Lipinski definition) is 1. The SMILES string of the molecule is Cc1ccc(NC(=O)c2cn(Cc3ccccc3)nn2)cc1Br. The van der Waals surface area contributed by atoms with Gasteiger partial charge in [-0.1, -0.05) is 57.5 Å². The van der Waals surface area contributed by atoms with Gasteiger partial charge in [0.25, 0.3) is 5.91 Å². The van der Waals surface area contributed by atoms with E-state index in [2.05, 4.69) is 31.6 Å². The minimum atomic E-state index is -0.278. The quantitative estimate of drug-likeness (QED) is 0.762. The molecule has 0 aliphatic carbocycles. The zero-order valence-corrected chi connectivity index (χ0v) is 14.1. The van der Waals surface area contributed by atoms with Gasteiger partial charge in [-0.2, -0.15) is 0 Å². The summed E-state index contributed by atoms with van der Waals surface area (Å²) in [6.07, 6.45) is 1.64. The Balaban J connectivity index is 1.69. The Labute approximate surface area is 142 Å². The van der Waals surface area contributed by atoms with Crippen LogP contribution in [0.2, 0.25) is 0 Å². The second-order valence-electron chi connectivity index (χ2n) is 5.21. The van der Waals surface area contributed by atoms with Crippen LogP contribution in [0.1, 0.15) is 21.6 Å². The van der Waals surface area contributed by atoms with Crippen LogP contribution in [-0.2, 0) is 6.54 Å². The topological polar surface area (TPSA) is 59.8 Å². The van der Waals surface area contributed by atoms with Crippen molar-refractivity contribution in [1.82, 2.24) is 15.0 Å². The monoisotopic (exact) mass is 370 g/mol. The molecule has 0 saturated heterocycles. The number of amides is 1. The molecule has 3 rings (SSSR count). The summed E-state index contributed by atoms with van der Waals surface area (Å²) in [5.74, 6) is -0.278. The molecule has 0 radical (unpaired) electrons. The third-order valence-corrected chi connectivity index (χ3v) is 4.24. The average Bonchev–Trinajstić information content (AvgIpc) is 3.00. The molecule has 1 N–H and O–H groups in total. The highest BCUT2D eigenvalue weighted by Gasteiger charge is 2.11. The third kappa shape index (κ3) is 3.84. The van der Waals surface area contributed by atoms with Crippen LogP contribution < -0.4 is 5.32 Å². The molecule has 0 bridgehead atoms. The van der Waals surface area contributed by atoms with Gasteiger partial charge >= 0.3 is 0 Å². The summed E-state index contributed by atoms with van der Waals surface area (Å²) in [6, 6.07) is 15.6. The molecule has 5 nitrogen and oxygen atoms in total. The lowest BCUT2D eigenvalue weighted by Gasteiger charge is -2.05. The first-order valence-corrected chi connectivity index (χ1v) is 7.93. The van der Waals surface area contributed by atoms with E-state index in [9.17, 15) is 4.79 Å². The van der Waals surface area contributed by atoms with Crippen molar-refractivity contribution in [2.45, 2.75) is 13.5 Å². The van der Waals surface area contributed by atoms with Crippen molar-refractivity contribution in [2.75, 3.05) is 5.32 Å². The van der Waals surface area contributed by atoms with Crippen LogP contribution in [0.3, 0.4) is 0 Å². The van der Waals surface area contributed by atoms with Gasteiger partial charge in [-0.25, -0.2) is 4.68 Å². The highest BCUT2D eigenvalue weighted by atomic mass is 79.9. The average molecular weight is 371 g/mol. The summed E-state index contributed by atoms with van der Waals surface area (Å²) in [5.41, 5.74) is 3.21. The van der Waals surface area contributed by atoms with Gasteiger partial charge in [0.1, 0.15) is 0 Å². The summed E-state index contributed by atoms with van der Waals surface area (Å²) in [5, 5.41) is 10.8. The molecule has 1 amide bonds. The van der Waals surface area contributed by atoms with Crippen molar-refractivity contribution in [3.8, 4) is 0 Å². The Bertz CT molecular complexity index is 830. The predicted octanol–water partition coefficient (Wildman–Crippen LogP) is 3.65. The molecule has 0 saturated carbocycles. The summed E-state index contributed by atoms with van der Waals surface area (Å²) in [4.78, 5) is 12.2. The van der Waals surface area contributed by atoms with E-state index in [0.29, 0.717) is 12.2 Å². The third-order valence-electron chi connectivity index (χ3n) is 3.39. The van der Waals surface area contributed by atoms with E-state index in [1.54, 1.807) is 10.9 Å². The van der Waals surface area contributed by atoms with Gasteiger partial charge in [0.15, 0.2) is 5.69 Å². The fourth-order valence-corrected chi connectivity index (χ4v) is 2.49. The molecule has 0 fully saturated rings. The van der Waals surface area contributed by atoms with E-state index in [-0.39, 0.29) is 11.6 Å². The number of rotatable bonds is 4. The second-order valence-corrected chi connectivity index (χ2v) is 6.06. The first-order chi connectivity index (χ1) is 11.1. The van der Waals surface area contributed by atoms with E-state index in [1.165, 1.54) is 0 Å². The first kappa shape index (κ1) is 15.4. The van der Waals surface area contributed by atoms with E-state index in [1.807, 2.05) is 55.5 Å². The molecular formula is C17H15BrN4O. The van der Waals surface area contributed by atoms with Gasteiger partial charge in [-0.3, -0.25) is 4.79 Å². The lowest BCUT2D eigenvalue weighted by Crippen LogP contribution is -2.12. The van der Waals surface area contributed by atoms with Crippen molar-refractivity contribution in [1.29, 1.82) is 0 Å². The molecule has 1 aromatic heterocycles. The smallest absolute Gasteiger partial charge is 0.277 e. The zero-order chi connectivity index (χ0) is 16.2. The number of nitrogens with zero attached hydrogens (tertiary/aromatic N) is 3. The number of carbonyl (C=O) groups is 1. The summed E-state index contributed by atoms with van der Waals surface area (Å²) >= 11 is 3.45. The van der Waals surface area contributed by atoms with Crippen molar-refractivity contribution < 1.29 is 4.79 Å². The van der Waals surface area contributed by atoms with Crippen molar-refractivity contribution in [3.05, 3.63) is 76.0 Å². The number of aromatic nitrogens is 3. The maximum atomic E-state index is 12.2. The van der Waals surface area contributed by atoms with Gasteiger partial charge in [0.05, 0.1) is 12.7 Å². The fraction of sp³-hybridized carbons (Fsp3) is 0.118. The molecular weight excluding hydrogens is 356 g/mol. The summed E-state index contributed by atoms with van der Waals surface area (Å²) < 4.78 is 2.60. The fourth-order valence-electron chi connectivity index (χ4n) is 2.12. The molecule has 1 heterocycles. The maximum Gasteiger partial charge on any atom is 0.277 e. The Morgan fingerprint density at radius 1 is 1.22 bits per heavy atom. The molecule has 2 aromatic carbocycles. The van der Waals surface area contributed by atoms with E-state index < -0.39 is 0 Å². The molecule has 116 valence electrons. The number of nitrogens with one attached hydrogen (secondary N) is 1. The van der Waals surface area contributed by atoms with Crippen molar-refractivity contribution >= 4 is 27.5 Å². The highest BCUT2D eigenvalue weighted by Crippen LogP contribution is 2.20. The van der Waals surface area contributed by atoms with E-state index in [4.69, 9.17) is 0 Å². The molecule has 0 aliphatic rings. The first-order valence-electron chi connectivity index (χ1n) is 7.13. The van der Waals surface area contributed by atoms with Crippen LogP contribution in [0.25, 0.3) is 0 Å². The van der Waals surface area contributed by atoms with Crippen molar-refractivity contribution in [2.24, 2.45) is 0 Å². The van der Waals surface area contributed by atoms with Crippen LogP contribution in [0.15, 0.2) is 59.2 Å². The van der Waals surface area contributed by atoms with Gasteiger partial charge in [-0.05, 0) is 30.2 Å². The van der Waals surface area contributed by atoms with Crippen LogP contribution in [0.4, 0.5) is 5.69 Å². The van der Waals surface area contributed by atoms with Gasteiger partial charge in [-0.15, -0.1) is 5.10 Å². The standard InChI is InChI=1S/C17H15BrN4O/c1-12-7-8-14(9-15(12)18)19-17(23)16-11-22(21-20-16)10-13-5-3-2-4-6-13/h2-9,11H,10H2,1H3,(H,19,23). The van der Waals surface area contributed by atoms with Crippen LogP contribution in [0, 0.1) is 6.92 Å². The molecule has 0 spiro atoms. The van der Waals surface area contributed by atoms with E-state index >= 15 is 0 Å². The molecule has 6 heteroatoms. The minimum Gasteiger partial charge on any atom is -0.321 e. The number of anilines is 1. The maximum absolute atomic E-state index is 12.2. The zero-order valence-electron chi connectivity index (χ0n) is 12.5. The predicted molar refractivity (Wildman–Crippen MR) is 92.4 cm³/mol. The molecule has 0 atom stereocenters. The Hall–Kier alpha value is -2.47. The van der Waals surface area contributed by atoms with Crippen LogP contribution in [-0.4, -0.2) is 20.9 Å². The normalized spacial score (nSPS) is 10.5. The lowest BCUT2D eigenvalue weighted by atomic mass is 10.2. The summed E-state index contributed by atoms with van der Waals surface area (Å²) in [7, 11) is 0. The number of benzene rings is 2. The van der Waals surface area contributed by atoms with Crippen LogP contribution in [0.5, 0.6) is 0 Å². The molecule has 23 heavy (non-hydrogen) atoms. The van der Waals surface area contributed by atoms with Crippen LogP contribution >= 0.6 is 15.9 Å². The second kappa shape index (κ2) is 6.75. The van der Waals surface area contributed by atoms with Gasteiger partial charge < -0.3 is 5.32 Å². The number of aryl methyl sites for hydroxylation is 1. The Kier molecular flexibility index (Phi) is 4.52. The Morgan fingerprint density at radius 2 is 2.00 bits per heavy atom. The molecule has 3 aromatic rings. The van der Waals surface area contributed by atoms with E-state index in [0.717, 1.165) is 15.6 Å². The summed E-state index contributed by atoms with van der Waals surface area (Å²) in [6.45, 7) is 2.57. The Morgan fingerprint density at radius 3 is 2.74 bits per heavy atom. The number of hydrogen-bond acceptors (Lipinski definition) is 3. The van der Waals surface area contributed by atoms with Gasteiger partial charge in [0.2, 0.25) is 0 Å². The van der Waals surface area contributed by atoms with Gasteiger partial charge in [0, 0.05) is 10.2 Å². The number of halogens is 1. The number of carbonyl (C=O) groups excluding carboxylic acids is 1.